The molecule has 9 heteroatoms. The Hall–Kier alpha value is -0.130. The van der Waals surface area contributed by atoms with Crippen LogP contribution in [0.4, 0.5) is 0 Å². The van der Waals surface area contributed by atoms with E-state index in [0.29, 0.717) is 25.6 Å². The van der Waals surface area contributed by atoms with Crippen molar-refractivity contribution in [1.29, 1.82) is 0 Å². The first-order valence-corrected chi connectivity index (χ1v) is 10.9. The fourth-order valence-corrected chi connectivity index (χ4v) is 2.83. The highest BCUT2D eigenvalue weighted by Gasteiger charge is 2.06. The second-order valence-corrected chi connectivity index (χ2v) is 7.83. The summed E-state index contributed by atoms with van der Waals surface area (Å²) in [4.78, 5) is 6.93. The van der Waals surface area contributed by atoms with Gasteiger partial charge in [0.1, 0.15) is 0 Å². The minimum absolute atomic E-state index is 0. The van der Waals surface area contributed by atoms with Gasteiger partial charge in [0.25, 0.3) is 0 Å². The van der Waals surface area contributed by atoms with E-state index >= 15 is 0 Å². The SMILES string of the molecule is CCNC(=NCCCNS(C)(=O)=O)NC(C)CCCN(CC)CC.I. The Morgan fingerprint density at radius 2 is 1.80 bits per heavy atom. The summed E-state index contributed by atoms with van der Waals surface area (Å²) in [5, 5.41) is 6.65. The zero-order valence-corrected chi connectivity index (χ0v) is 19.6. The number of aliphatic imine (C=N–C) groups is 1. The highest BCUT2D eigenvalue weighted by molar-refractivity contribution is 14.0. The van der Waals surface area contributed by atoms with E-state index in [1.54, 1.807) is 0 Å². The summed E-state index contributed by atoms with van der Waals surface area (Å²) >= 11 is 0. The van der Waals surface area contributed by atoms with E-state index in [4.69, 9.17) is 0 Å². The summed E-state index contributed by atoms with van der Waals surface area (Å²) in [5.41, 5.74) is 0. The number of rotatable bonds is 13. The zero-order chi connectivity index (χ0) is 18.4. The largest absolute Gasteiger partial charge is 0.357 e. The monoisotopic (exact) mass is 491 g/mol. The first-order valence-electron chi connectivity index (χ1n) is 9.04. The van der Waals surface area contributed by atoms with Gasteiger partial charge in [-0.15, -0.1) is 24.0 Å². The molecule has 0 aliphatic heterocycles. The van der Waals surface area contributed by atoms with E-state index in [1.165, 1.54) is 6.26 Å². The molecule has 25 heavy (non-hydrogen) atoms. The van der Waals surface area contributed by atoms with Crippen molar-refractivity contribution in [2.45, 2.75) is 53.0 Å². The van der Waals surface area contributed by atoms with E-state index in [-0.39, 0.29) is 24.0 Å². The molecule has 0 amide bonds. The van der Waals surface area contributed by atoms with Gasteiger partial charge in [-0.05, 0) is 52.7 Å². The van der Waals surface area contributed by atoms with E-state index in [1.807, 2.05) is 6.92 Å². The molecule has 0 saturated carbocycles. The van der Waals surface area contributed by atoms with Crippen molar-refractivity contribution < 1.29 is 8.42 Å². The predicted octanol–water partition coefficient (Wildman–Crippen LogP) is 1.61. The third-order valence-electron chi connectivity index (χ3n) is 3.70. The molecule has 0 radical (unpaired) electrons. The van der Waals surface area contributed by atoms with Crippen LogP contribution in [-0.2, 0) is 10.0 Å². The Morgan fingerprint density at radius 3 is 2.32 bits per heavy atom. The first kappa shape index (κ1) is 27.1. The molecule has 0 saturated heterocycles. The Kier molecular flexibility index (Phi) is 17.4. The fourth-order valence-electron chi connectivity index (χ4n) is 2.31. The van der Waals surface area contributed by atoms with E-state index in [9.17, 15) is 8.42 Å². The average Bonchev–Trinajstić information content (AvgIpc) is 2.50. The van der Waals surface area contributed by atoms with Crippen LogP contribution in [0.1, 0.15) is 47.0 Å². The van der Waals surface area contributed by atoms with Crippen LogP contribution in [0.5, 0.6) is 0 Å². The van der Waals surface area contributed by atoms with Gasteiger partial charge < -0.3 is 15.5 Å². The number of hydrogen-bond acceptors (Lipinski definition) is 4. The summed E-state index contributed by atoms with van der Waals surface area (Å²) < 4.78 is 24.5. The molecule has 152 valence electrons. The van der Waals surface area contributed by atoms with Crippen LogP contribution in [0, 0.1) is 0 Å². The highest BCUT2D eigenvalue weighted by atomic mass is 127. The minimum atomic E-state index is -3.11. The van der Waals surface area contributed by atoms with Gasteiger partial charge in [-0.25, -0.2) is 13.1 Å². The van der Waals surface area contributed by atoms with Gasteiger partial charge in [-0.2, -0.15) is 0 Å². The highest BCUT2D eigenvalue weighted by Crippen LogP contribution is 1.99. The van der Waals surface area contributed by atoms with Crippen LogP contribution in [0.15, 0.2) is 4.99 Å². The second-order valence-electron chi connectivity index (χ2n) is 6.00. The Labute approximate surface area is 171 Å². The summed E-state index contributed by atoms with van der Waals surface area (Å²) in [6.07, 6.45) is 4.10. The molecule has 0 aliphatic rings. The molecule has 0 aromatic carbocycles. The smallest absolute Gasteiger partial charge is 0.208 e. The van der Waals surface area contributed by atoms with Gasteiger partial charge in [-0.3, -0.25) is 4.99 Å². The molecule has 0 spiro atoms. The summed E-state index contributed by atoms with van der Waals surface area (Å²) in [5.74, 6) is 0.798. The molecular weight excluding hydrogens is 453 g/mol. The summed E-state index contributed by atoms with van der Waals surface area (Å²) in [7, 11) is -3.11. The van der Waals surface area contributed by atoms with Gasteiger partial charge in [0.15, 0.2) is 5.96 Å². The molecule has 1 unspecified atom stereocenters. The van der Waals surface area contributed by atoms with Crippen LogP contribution < -0.4 is 15.4 Å². The maximum absolute atomic E-state index is 11.0. The quantitative estimate of drug-likeness (QED) is 0.158. The van der Waals surface area contributed by atoms with Crippen LogP contribution in [0.3, 0.4) is 0 Å². The maximum Gasteiger partial charge on any atom is 0.208 e. The van der Waals surface area contributed by atoms with E-state index < -0.39 is 10.0 Å². The molecule has 0 aromatic heterocycles. The molecule has 0 aliphatic carbocycles. The van der Waals surface area contributed by atoms with Crippen LogP contribution >= 0.6 is 24.0 Å². The molecule has 0 fully saturated rings. The summed E-state index contributed by atoms with van der Waals surface area (Å²) in [6, 6.07) is 0.354. The van der Waals surface area contributed by atoms with E-state index in [2.05, 4.69) is 46.0 Å². The third-order valence-corrected chi connectivity index (χ3v) is 4.43. The third kappa shape index (κ3) is 17.1. The van der Waals surface area contributed by atoms with Crippen molar-refractivity contribution in [1.82, 2.24) is 20.3 Å². The normalized spacial score (nSPS) is 13.4. The van der Waals surface area contributed by atoms with Crippen LogP contribution in [0.2, 0.25) is 0 Å². The maximum atomic E-state index is 11.0. The second kappa shape index (κ2) is 16.1. The lowest BCUT2D eigenvalue weighted by atomic mass is 10.2. The van der Waals surface area contributed by atoms with Crippen molar-refractivity contribution in [3.8, 4) is 0 Å². The van der Waals surface area contributed by atoms with Crippen LogP contribution in [0.25, 0.3) is 0 Å². The van der Waals surface area contributed by atoms with Gasteiger partial charge in [0, 0.05) is 25.7 Å². The molecular formula is C16H38IN5O2S. The Bertz CT molecular complexity index is 442. The van der Waals surface area contributed by atoms with Gasteiger partial charge in [0.2, 0.25) is 10.0 Å². The van der Waals surface area contributed by atoms with Crippen molar-refractivity contribution in [2.75, 3.05) is 45.5 Å². The summed E-state index contributed by atoms with van der Waals surface area (Å²) in [6.45, 7) is 13.7. The van der Waals surface area contributed by atoms with Gasteiger partial charge in [-0.1, -0.05) is 13.8 Å². The van der Waals surface area contributed by atoms with Gasteiger partial charge >= 0.3 is 0 Å². The number of halogens is 1. The zero-order valence-electron chi connectivity index (χ0n) is 16.5. The lowest BCUT2D eigenvalue weighted by Crippen LogP contribution is -2.42. The predicted molar refractivity (Wildman–Crippen MR) is 118 cm³/mol. The molecule has 0 bridgehead atoms. The number of hydrogen-bond donors (Lipinski definition) is 3. The number of sulfonamides is 1. The Balaban J connectivity index is 0. The molecule has 0 heterocycles. The molecule has 0 aromatic rings. The van der Waals surface area contributed by atoms with Crippen molar-refractivity contribution in [2.24, 2.45) is 4.99 Å². The standard InChI is InChI=1S/C16H37N5O2S.HI/c1-6-17-16(18-12-10-13-19-24(5,22)23)20-15(4)11-9-14-21(7-2)8-3;/h15,19H,6-14H2,1-5H3,(H2,17,18,20);1H. The fraction of sp³-hybridized carbons (Fsp3) is 0.938. The van der Waals surface area contributed by atoms with Crippen LogP contribution in [-0.4, -0.2) is 70.8 Å². The number of guanidine groups is 1. The molecule has 0 rings (SSSR count). The Morgan fingerprint density at radius 1 is 1.16 bits per heavy atom. The topological polar surface area (TPSA) is 85.8 Å². The lowest BCUT2D eigenvalue weighted by molar-refractivity contribution is 0.292. The number of nitrogens with zero attached hydrogens (tertiary/aromatic N) is 2. The van der Waals surface area contributed by atoms with Crippen molar-refractivity contribution >= 4 is 40.0 Å². The number of nitrogens with one attached hydrogen (secondary N) is 3. The first-order chi connectivity index (χ1) is 11.3. The average molecular weight is 491 g/mol. The minimum Gasteiger partial charge on any atom is -0.357 e. The van der Waals surface area contributed by atoms with Crippen molar-refractivity contribution in [3.63, 3.8) is 0 Å². The molecule has 7 nitrogen and oxygen atoms in total. The lowest BCUT2D eigenvalue weighted by Gasteiger charge is -2.21. The van der Waals surface area contributed by atoms with E-state index in [0.717, 1.165) is 45.0 Å². The van der Waals surface area contributed by atoms with Crippen molar-refractivity contribution in [3.05, 3.63) is 0 Å². The molecule has 1 atom stereocenters. The molecule has 3 N–H and O–H groups in total. The van der Waals surface area contributed by atoms with Gasteiger partial charge in [0.05, 0.1) is 6.26 Å².